The number of carbonyl (C=O) groups excluding carboxylic acids is 2. The van der Waals surface area contributed by atoms with E-state index in [1.807, 2.05) is 19.2 Å². The number of benzene rings is 3. The number of urea groups is 1. The second-order valence-electron chi connectivity index (χ2n) is 9.82. The lowest BCUT2D eigenvalue weighted by molar-refractivity contribution is -0.766. The molecule has 0 fully saturated rings. The zero-order valence-electron chi connectivity index (χ0n) is 22.1. The van der Waals surface area contributed by atoms with E-state index in [0.717, 1.165) is 25.1 Å². The maximum Gasteiger partial charge on any atom is 0.416 e. The van der Waals surface area contributed by atoms with Gasteiger partial charge in [-0.3, -0.25) is 19.5 Å². The smallest absolute Gasteiger partial charge is 0.326 e. The second kappa shape index (κ2) is 11.8. The highest BCUT2D eigenvalue weighted by molar-refractivity contribution is 6.00. The Balaban J connectivity index is 1.25. The molecule has 2 heterocycles. The number of anilines is 3. The Bertz CT molecular complexity index is 1540. The maximum atomic E-state index is 13.6. The molecule has 0 saturated heterocycles. The number of nitrogens with one attached hydrogen (secondary N) is 3. The molecule has 3 amide bonds. The van der Waals surface area contributed by atoms with Gasteiger partial charge < -0.3 is 10.6 Å². The van der Waals surface area contributed by atoms with Gasteiger partial charge in [-0.15, -0.1) is 0 Å². The number of nitrogens with zero attached hydrogens (tertiary/aromatic N) is 3. The summed E-state index contributed by atoms with van der Waals surface area (Å²) in [6, 6.07) is 19.0. The van der Waals surface area contributed by atoms with Crippen LogP contribution >= 0.6 is 0 Å². The number of halogens is 3. The largest absolute Gasteiger partial charge is 0.416 e. The van der Waals surface area contributed by atoms with Gasteiger partial charge in [0.15, 0.2) is 6.54 Å². The summed E-state index contributed by atoms with van der Waals surface area (Å²) < 4.78 is 47.5. The van der Waals surface area contributed by atoms with Gasteiger partial charge in [0.25, 0.3) is 6.20 Å². The molecule has 0 aliphatic carbocycles. The Morgan fingerprint density at radius 3 is 2.46 bits per heavy atom. The van der Waals surface area contributed by atoms with Gasteiger partial charge in [-0.2, -0.15) is 13.2 Å². The van der Waals surface area contributed by atoms with Crippen molar-refractivity contribution in [2.45, 2.75) is 31.6 Å². The predicted molar refractivity (Wildman–Crippen MR) is 145 cm³/mol. The SMILES string of the molecule is CN1CCc2ccccc2C1C[n+]1cc(NC(=O)Nc2cc(NC(=O)Cc3ccccc3)cc(C(F)(F)F)c2)on1. The van der Waals surface area contributed by atoms with Crippen molar-refractivity contribution in [3.05, 3.63) is 101 Å². The number of hydrogen-bond donors (Lipinski definition) is 3. The molecule has 1 atom stereocenters. The van der Waals surface area contributed by atoms with E-state index in [-0.39, 0.29) is 29.7 Å². The molecular weight excluding hydrogens is 537 g/mol. The van der Waals surface area contributed by atoms with Crippen LogP contribution in [0.3, 0.4) is 0 Å². The standard InChI is InChI=1S/C29H27F3N6O3/c1-37-12-11-20-9-5-6-10-24(20)25(37)17-38-18-27(41-36-38)35-28(40)34-23-15-21(29(30,31)32)14-22(16-23)33-26(39)13-19-7-3-2-4-8-19/h2-10,14-16,18,25H,11-13,17H2,1H3,(H2-,33,34,35,36,39,40)/p+1. The monoisotopic (exact) mass is 565 g/mol. The molecule has 0 spiro atoms. The fourth-order valence-electron chi connectivity index (χ4n) is 4.81. The van der Waals surface area contributed by atoms with Crippen molar-refractivity contribution in [1.82, 2.24) is 10.2 Å². The van der Waals surface area contributed by atoms with E-state index in [0.29, 0.717) is 12.1 Å². The fourth-order valence-corrected chi connectivity index (χ4v) is 4.81. The first kappa shape index (κ1) is 27.8. The molecule has 0 radical (unpaired) electrons. The normalized spacial score (nSPS) is 15.2. The summed E-state index contributed by atoms with van der Waals surface area (Å²) in [7, 11) is 2.03. The van der Waals surface area contributed by atoms with Crippen LogP contribution in [0.4, 0.5) is 35.2 Å². The lowest BCUT2D eigenvalue weighted by atomic mass is 9.93. The lowest BCUT2D eigenvalue weighted by Crippen LogP contribution is -2.45. The zero-order chi connectivity index (χ0) is 29.0. The van der Waals surface area contributed by atoms with Gasteiger partial charge in [-0.05, 0) is 53.0 Å². The predicted octanol–water partition coefficient (Wildman–Crippen LogP) is 5.04. The van der Waals surface area contributed by atoms with E-state index in [2.05, 4.69) is 38.3 Å². The molecule has 4 aromatic rings. The second-order valence-corrected chi connectivity index (χ2v) is 9.82. The molecule has 41 heavy (non-hydrogen) atoms. The number of rotatable bonds is 7. The average Bonchev–Trinajstić information content (AvgIpc) is 3.36. The molecule has 3 aromatic carbocycles. The molecule has 3 N–H and O–H groups in total. The third-order valence-electron chi connectivity index (χ3n) is 6.80. The highest BCUT2D eigenvalue weighted by Gasteiger charge is 2.32. The van der Waals surface area contributed by atoms with Gasteiger partial charge in [0, 0.05) is 17.9 Å². The topological polar surface area (TPSA) is 103 Å². The number of aromatic nitrogens is 2. The minimum atomic E-state index is -4.70. The van der Waals surface area contributed by atoms with Crippen molar-refractivity contribution in [2.24, 2.45) is 0 Å². The summed E-state index contributed by atoms with van der Waals surface area (Å²) in [6.07, 6.45) is -2.26. The van der Waals surface area contributed by atoms with Crippen LogP contribution in [-0.4, -0.2) is 35.7 Å². The first-order chi connectivity index (χ1) is 19.6. The van der Waals surface area contributed by atoms with Crippen LogP contribution in [0, 0.1) is 0 Å². The fraction of sp³-hybridized carbons (Fsp3) is 0.241. The van der Waals surface area contributed by atoms with Crippen molar-refractivity contribution >= 4 is 29.2 Å². The van der Waals surface area contributed by atoms with Gasteiger partial charge in [-0.25, -0.2) is 4.79 Å². The Morgan fingerprint density at radius 1 is 1.00 bits per heavy atom. The van der Waals surface area contributed by atoms with E-state index in [1.54, 1.807) is 35.0 Å². The van der Waals surface area contributed by atoms with Crippen LogP contribution < -0.4 is 20.6 Å². The van der Waals surface area contributed by atoms with Crippen molar-refractivity contribution in [1.29, 1.82) is 0 Å². The molecule has 212 valence electrons. The highest BCUT2D eigenvalue weighted by Crippen LogP contribution is 2.34. The molecule has 5 rings (SSSR count). The van der Waals surface area contributed by atoms with Crippen molar-refractivity contribution in [3.8, 4) is 0 Å². The molecule has 1 aliphatic rings. The van der Waals surface area contributed by atoms with Gasteiger partial charge in [0.2, 0.25) is 11.2 Å². The van der Waals surface area contributed by atoms with Crippen LogP contribution in [-0.2, 0) is 30.4 Å². The van der Waals surface area contributed by atoms with Crippen LogP contribution in [0.1, 0.15) is 28.3 Å². The van der Waals surface area contributed by atoms with E-state index >= 15 is 0 Å². The summed E-state index contributed by atoms with van der Waals surface area (Å²) in [4.78, 5) is 27.3. The number of amides is 3. The molecular formula is C29H28F3N6O3+. The summed E-state index contributed by atoms with van der Waals surface area (Å²) in [5.74, 6) is -0.485. The quantitative estimate of drug-likeness (QED) is 0.273. The van der Waals surface area contributed by atoms with Gasteiger partial charge in [0.05, 0.1) is 18.0 Å². The average molecular weight is 566 g/mol. The third kappa shape index (κ3) is 7.09. The zero-order valence-corrected chi connectivity index (χ0v) is 22.1. The Morgan fingerprint density at radius 2 is 1.71 bits per heavy atom. The van der Waals surface area contributed by atoms with Crippen molar-refractivity contribution in [2.75, 3.05) is 29.5 Å². The molecule has 0 saturated carbocycles. The van der Waals surface area contributed by atoms with Gasteiger partial charge >= 0.3 is 18.1 Å². The van der Waals surface area contributed by atoms with Gasteiger partial charge in [0.1, 0.15) is 0 Å². The Hall–Kier alpha value is -4.71. The molecule has 0 bridgehead atoms. The minimum absolute atomic E-state index is 0.0117. The summed E-state index contributed by atoms with van der Waals surface area (Å²) in [5, 5.41) is 11.3. The molecule has 1 unspecified atom stereocenters. The summed E-state index contributed by atoms with van der Waals surface area (Å²) in [5.41, 5.74) is 1.87. The van der Waals surface area contributed by atoms with Crippen molar-refractivity contribution < 1.29 is 32.0 Å². The van der Waals surface area contributed by atoms with E-state index in [4.69, 9.17) is 4.52 Å². The van der Waals surface area contributed by atoms with Crippen molar-refractivity contribution in [3.63, 3.8) is 0 Å². The first-order valence-corrected chi connectivity index (χ1v) is 12.9. The molecule has 1 aromatic heterocycles. The maximum absolute atomic E-state index is 13.6. The van der Waals surface area contributed by atoms with Gasteiger partial charge in [-0.1, -0.05) is 54.6 Å². The molecule has 1 aliphatic heterocycles. The van der Waals surface area contributed by atoms with Crippen LogP contribution in [0.2, 0.25) is 0 Å². The Labute approximate surface area is 233 Å². The van der Waals surface area contributed by atoms with Crippen LogP contribution in [0.5, 0.6) is 0 Å². The lowest BCUT2D eigenvalue weighted by Gasteiger charge is -2.31. The number of alkyl halides is 3. The van der Waals surface area contributed by atoms with E-state index < -0.39 is 23.7 Å². The summed E-state index contributed by atoms with van der Waals surface area (Å²) >= 11 is 0. The Kier molecular flexibility index (Phi) is 8.02. The first-order valence-electron chi connectivity index (χ1n) is 12.9. The van der Waals surface area contributed by atoms with E-state index in [9.17, 15) is 22.8 Å². The molecule has 9 nitrogen and oxygen atoms in total. The molecule has 12 heteroatoms. The van der Waals surface area contributed by atoms with Crippen LogP contribution in [0.15, 0.2) is 83.5 Å². The number of likely N-dealkylation sites (N-methyl/N-ethyl adjacent to an activating group) is 1. The number of hydrogen-bond acceptors (Lipinski definition) is 5. The van der Waals surface area contributed by atoms with E-state index in [1.165, 1.54) is 23.4 Å². The number of fused-ring (bicyclic) bond motifs is 1. The summed E-state index contributed by atoms with van der Waals surface area (Å²) in [6.45, 7) is 1.36. The number of carbonyl (C=O) groups is 2. The highest BCUT2D eigenvalue weighted by atomic mass is 19.4. The van der Waals surface area contributed by atoms with Crippen LogP contribution in [0.25, 0.3) is 0 Å². The minimum Gasteiger partial charge on any atom is -0.326 e. The third-order valence-corrected chi connectivity index (χ3v) is 6.80.